The van der Waals surface area contributed by atoms with Crippen LogP contribution < -0.4 is 5.32 Å². The molecule has 0 saturated carbocycles. The summed E-state index contributed by atoms with van der Waals surface area (Å²) in [5, 5.41) is 25.3. The van der Waals surface area contributed by atoms with E-state index in [4.69, 9.17) is 5.11 Å². The molecule has 2 heterocycles. The van der Waals surface area contributed by atoms with Crippen LogP contribution in [0.4, 0.5) is 5.82 Å². The van der Waals surface area contributed by atoms with Crippen LogP contribution >= 0.6 is 0 Å². The molecule has 0 fully saturated rings. The number of aromatic nitrogens is 2. The number of aliphatic hydroxyl groups is 1. The van der Waals surface area contributed by atoms with Gasteiger partial charge in [-0.15, -0.1) is 0 Å². The quantitative estimate of drug-likeness (QED) is 0.542. The number of aliphatic carboxylic acids is 1. The normalized spacial score (nSPS) is 26.2. The first-order valence-electron chi connectivity index (χ1n) is 3.89. The maximum atomic E-state index is 10.8. The van der Waals surface area contributed by atoms with E-state index in [1.54, 1.807) is 6.07 Å². The Morgan fingerprint density at radius 3 is 3.23 bits per heavy atom. The molecule has 1 atom stereocenters. The summed E-state index contributed by atoms with van der Waals surface area (Å²) in [6.07, 6.45) is 1.55. The maximum Gasteiger partial charge on any atom is 0.359 e. The third kappa shape index (κ3) is 0.988. The van der Waals surface area contributed by atoms with Crippen LogP contribution in [0.15, 0.2) is 12.3 Å². The van der Waals surface area contributed by atoms with Gasteiger partial charge in [0.2, 0.25) is 0 Å². The van der Waals surface area contributed by atoms with Crippen molar-refractivity contribution in [3.63, 3.8) is 0 Å². The molecular formula is C7H9N3O3. The van der Waals surface area contributed by atoms with E-state index in [0.717, 1.165) is 4.68 Å². The second-order valence-corrected chi connectivity index (χ2v) is 2.93. The Hall–Kier alpha value is -1.56. The van der Waals surface area contributed by atoms with E-state index >= 15 is 0 Å². The molecule has 6 heteroatoms. The zero-order valence-electron chi connectivity index (χ0n) is 6.77. The summed E-state index contributed by atoms with van der Waals surface area (Å²) >= 11 is 0. The molecule has 1 aliphatic heterocycles. The molecule has 0 aromatic carbocycles. The molecule has 13 heavy (non-hydrogen) atoms. The molecule has 1 unspecified atom stereocenters. The first-order valence-corrected chi connectivity index (χ1v) is 3.89. The van der Waals surface area contributed by atoms with Crippen molar-refractivity contribution in [2.45, 2.75) is 12.1 Å². The Bertz CT molecular complexity index is 349. The van der Waals surface area contributed by atoms with Crippen molar-refractivity contribution in [3.8, 4) is 0 Å². The van der Waals surface area contributed by atoms with Crippen molar-refractivity contribution in [2.24, 2.45) is 0 Å². The number of hydrogen-bond acceptors (Lipinski definition) is 4. The fourth-order valence-electron chi connectivity index (χ4n) is 1.40. The highest BCUT2D eigenvalue weighted by atomic mass is 16.4. The van der Waals surface area contributed by atoms with Gasteiger partial charge in [-0.25, -0.2) is 9.48 Å². The second kappa shape index (κ2) is 2.46. The van der Waals surface area contributed by atoms with Gasteiger partial charge < -0.3 is 15.5 Å². The van der Waals surface area contributed by atoms with E-state index in [9.17, 15) is 9.90 Å². The SMILES string of the molecule is O=C(O)C1(O)CCNc2ccnn21. The summed E-state index contributed by atoms with van der Waals surface area (Å²) in [4.78, 5) is 10.8. The molecule has 0 saturated heterocycles. The molecule has 1 aromatic rings. The number of rotatable bonds is 1. The van der Waals surface area contributed by atoms with Gasteiger partial charge in [0.15, 0.2) is 0 Å². The fraction of sp³-hybridized carbons (Fsp3) is 0.429. The Labute approximate surface area is 73.8 Å². The van der Waals surface area contributed by atoms with Crippen LogP contribution in [0.3, 0.4) is 0 Å². The van der Waals surface area contributed by atoms with Gasteiger partial charge in [-0.2, -0.15) is 5.10 Å². The first kappa shape index (κ1) is 8.06. The molecule has 0 bridgehead atoms. The van der Waals surface area contributed by atoms with Crippen LogP contribution in [0.5, 0.6) is 0 Å². The zero-order valence-corrected chi connectivity index (χ0v) is 6.77. The number of anilines is 1. The molecule has 0 radical (unpaired) electrons. The Morgan fingerprint density at radius 1 is 1.77 bits per heavy atom. The van der Waals surface area contributed by atoms with E-state index in [-0.39, 0.29) is 6.42 Å². The predicted molar refractivity (Wildman–Crippen MR) is 43.2 cm³/mol. The molecule has 6 nitrogen and oxygen atoms in total. The lowest BCUT2D eigenvalue weighted by Crippen LogP contribution is -2.47. The number of hydrogen-bond donors (Lipinski definition) is 3. The van der Waals surface area contributed by atoms with Crippen molar-refractivity contribution in [1.29, 1.82) is 0 Å². The molecule has 70 valence electrons. The molecule has 0 spiro atoms. The van der Waals surface area contributed by atoms with E-state index in [1.807, 2.05) is 0 Å². The minimum Gasteiger partial charge on any atom is -0.478 e. The van der Waals surface area contributed by atoms with Crippen LogP contribution in [-0.4, -0.2) is 32.5 Å². The van der Waals surface area contributed by atoms with Crippen molar-refractivity contribution in [1.82, 2.24) is 9.78 Å². The zero-order chi connectivity index (χ0) is 9.47. The monoisotopic (exact) mass is 183 g/mol. The minimum atomic E-state index is -1.90. The van der Waals surface area contributed by atoms with Gasteiger partial charge in [0.1, 0.15) is 5.82 Å². The van der Waals surface area contributed by atoms with Crippen molar-refractivity contribution >= 4 is 11.8 Å². The molecule has 1 aromatic heterocycles. The average molecular weight is 183 g/mol. The predicted octanol–water partition coefficient (Wildman–Crippen LogP) is -0.572. The number of nitrogens with zero attached hydrogens (tertiary/aromatic N) is 2. The highest BCUT2D eigenvalue weighted by Crippen LogP contribution is 2.26. The van der Waals surface area contributed by atoms with Crippen molar-refractivity contribution in [2.75, 3.05) is 11.9 Å². The lowest BCUT2D eigenvalue weighted by Gasteiger charge is -2.30. The molecule has 0 aliphatic carbocycles. The largest absolute Gasteiger partial charge is 0.478 e. The number of fused-ring (bicyclic) bond motifs is 1. The third-order valence-corrected chi connectivity index (χ3v) is 2.12. The van der Waals surface area contributed by atoms with Crippen LogP contribution in [0.2, 0.25) is 0 Å². The number of carboxylic acids is 1. The van der Waals surface area contributed by atoms with Gasteiger partial charge >= 0.3 is 5.97 Å². The van der Waals surface area contributed by atoms with E-state index in [2.05, 4.69) is 10.4 Å². The summed E-state index contributed by atoms with van der Waals surface area (Å²) in [6.45, 7) is 0.425. The number of carboxylic acid groups (broad SMARTS) is 1. The van der Waals surface area contributed by atoms with Gasteiger partial charge in [-0.3, -0.25) is 0 Å². The topological polar surface area (TPSA) is 87.4 Å². The van der Waals surface area contributed by atoms with Gasteiger partial charge in [-0.1, -0.05) is 0 Å². The van der Waals surface area contributed by atoms with Crippen LogP contribution in [0, 0.1) is 0 Å². The number of carbonyl (C=O) groups is 1. The van der Waals surface area contributed by atoms with E-state index < -0.39 is 11.7 Å². The summed E-state index contributed by atoms with van der Waals surface area (Å²) in [6, 6.07) is 1.62. The summed E-state index contributed by atoms with van der Waals surface area (Å²) in [7, 11) is 0. The maximum absolute atomic E-state index is 10.8. The summed E-state index contributed by atoms with van der Waals surface area (Å²) in [5.41, 5.74) is -1.90. The molecule has 2 rings (SSSR count). The van der Waals surface area contributed by atoms with Crippen LogP contribution in [0.25, 0.3) is 0 Å². The fourth-order valence-corrected chi connectivity index (χ4v) is 1.40. The van der Waals surface area contributed by atoms with E-state index in [0.29, 0.717) is 12.4 Å². The lowest BCUT2D eigenvalue weighted by atomic mass is 10.1. The van der Waals surface area contributed by atoms with Gasteiger partial charge in [-0.05, 0) is 0 Å². The Morgan fingerprint density at radius 2 is 2.54 bits per heavy atom. The molecule has 0 amide bonds. The standard InChI is InChI=1S/C7H9N3O3/c11-6(12)7(13)2-4-8-5-1-3-9-10(5)7/h1,3,8,13H,2,4H2,(H,11,12). The van der Waals surface area contributed by atoms with Crippen LogP contribution in [-0.2, 0) is 10.5 Å². The first-order chi connectivity index (χ1) is 6.14. The van der Waals surface area contributed by atoms with Crippen molar-refractivity contribution in [3.05, 3.63) is 12.3 Å². The van der Waals surface area contributed by atoms with E-state index in [1.165, 1.54) is 6.20 Å². The second-order valence-electron chi connectivity index (χ2n) is 2.93. The molecule has 1 aliphatic rings. The van der Waals surface area contributed by atoms with Crippen molar-refractivity contribution < 1.29 is 15.0 Å². The molecular weight excluding hydrogens is 174 g/mol. The average Bonchev–Trinajstić information content (AvgIpc) is 2.53. The highest BCUT2D eigenvalue weighted by molar-refractivity contribution is 5.75. The third-order valence-electron chi connectivity index (χ3n) is 2.12. The minimum absolute atomic E-state index is 0.108. The Balaban J connectivity index is 2.51. The smallest absolute Gasteiger partial charge is 0.359 e. The molecule has 3 N–H and O–H groups in total. The van der Waals surface area contributed by atoms with Crippen LogP contribution in [0.1, 0.15) is 6.42 Å². The summed E-state index contributed by atoms with van der Waals surface area (Å²) in [5.74, 6) is -0.755. The number of nitrogens with one attached hydrogen (secondary N) is 1. The van der Waals surface area contributed by atoms with Gasteiger partial charge in [0.25, 0.3) is 5.72 Å². The lowest BCUT2D eigenvalue weighted by molar-refractivity contribution is -0.173. The van der Waals surface area contributed by atoms with Gasteiger partial charge in [0, 0.05) is 19.0 Å². The summed E-state index contributed by atoms with van der Waals surface area (Å²) < 4.78 is 1.08. The van der Waals surface area contributed by atoms with Gasteiger partial charge in [0.05, 0.1) is 6.20 Å². The Kier molecular flexibility index (Phi) is 1.53. The highest BCUT2D eigenvalue weighted by Gasteiger charge is 2.42.